The molecule has 1 aliphatic carbocycles. The van der Waals surface area contributed by atoms with Crippen molar-refractivity contribution in [2.24, 2.45) is 0 Å². The van der Waals surface area contributed by atoms with Crippen molar-refractivity contribution in [2.75, 3.05) is 5.32 Å². The van der Waals surface area contributed by atoms with Crippen molar-refractivity contribution in [3.8, 4) is 0 Å². The number of aliphatic hydroxyl groups excluding tert-OH is 1. The van der Waals surface area contributed by atoms with E-state index in [2.05, 4.69) is 10.6 Å². The highest BCUT2D eigenvalue weighted by atomic mass is 32.1. The number of hydrogen-bond donors (Lipinski definition) is 3. The van der Waals surface area contributed by atoms with Gasteiger partial charge in [-0.1, -0.05) is 0 Å². The molecule has 3 N–H and O–H groups in total. The van der Waals surface area contributed by atoms with Crippen LogP contribution in [0.3, 0.4) is 0 Å². The smallest absolute Gasteiger partial charge is 0.221 e. The summed E-state index contributed by atoms with van der Waals surface area (Å²) in [5.74, 6) is -0.0320. The number of aliphatic hydroxyl groups is 1. The molecule has 1 saturated carbocycles. The lowest BCUT2D eigenvalue weighted by atomic mass is 9.93. The van der Waals surface area contributed by atoms with Crippen LogP contribution < -0.4 is 10.6 Å². The zero-order valence-electron chi connectivity index (χ0n) is 10.6. The van der Waals surface area contributed by atoms with Crippen LogP contribution >= 0.6 is 11.3 Å². The average Bonchev–Trinajstić information content (AvgIpc) is 2.75. The molecule has 0 unspecified atom stereocenters. The first-order valence-electron chi connectivity index (χ1n) is 6.40. The van der Waals surface area contributed by atoms with E-state index in [0.717, 1.165) is 42.8 Å². The zero-order valence-corrected chi connectivity index (χ0v) is 11.4. The molecule has 0 atom stereocenters. The van der Waals surface area contributed by atoms with Crippen molar-refractivity contribution in [1.29, 1.82) is 0 Å². The van der Waals surface area contributed by atoms with Gasteiger partial charge in [0.1, 0.15) is 0 Å². The second kappa shape index (κ2) is 6.31. The van der Waals surface area contributed by atoms with Gasteiger partial charge >= 0.3 is 0 Å². The van der Waals surface area contributed by atoms with Crippen molar-refractivity contribution < 1.29 is 9.90 Å². The highest BCUT2D eigenvalue weighted by Crippen LogP contribution is 2.24. The lowest BCUT2D eigenvalue weighted by molar-refractivity contribution is -0.114. The molecule has 0 spiro atoms. The molecule has 1 aliphatic rings. The maximum Gasteiger partial charge on any atom is 0.221 e. The zero-order chi connectivity index (χ0) is 13.0. The largest absolute Gasteiger partial charge is 0.393 e. The summed E-state index contributed by atoms with van der Waals surface area (Å²) in [6, 6.07) is 2.42. The number of amides is 1. The Morgan fingerprint density at radius 3 is 2.83 bits per heavy atom. The minimum absolute atomic E-state index is 0.0320. The van der Waals surface area contributed by atoms with Crippen molar-refractivity contribution in [3.05, 3.63) is 16.3 Å². The van der Waals surface area contributed by atoms with E-state index in [1.807, 2.05) is 11.4 Å². The fourth-order valence-electron chi connectivity index (χ4n) is 2.30. The Labute approximate surface area is 111 Å². The molecule has 5 heteroatoms. The monoisotopic (exact) mass is 268 g/mol. The van der Waals surface area contributed by atoms with Crippen LogP contribution in [-0.4, -0.2) is 23.2 Å². The van der Waals surface area contributed by atoms with Gasteiger partial charge in [0.15, 0.2) is 0 Å². The molecule has 0 aromatic carbocycles. The van der Waals surface area contributed by atoms with Crippen LogP contribution in [0.2, 0.25) is 0 Å². The first-order chi connectivity index (χ1) is 8.65. The normalized spacial score (nSPS) is 23.9. The van der Waals surface area contributed by atoms with Crippen LogP contribution in [-0.2, 0) is 11.3 Å². The highest BCUT2D eigenvalue weighted by Gasteiger charge is 2.19. The summed E-state index contributed by atoms with van der Waals surface area (Å²) >= 11 is 1.65. The van der Waals surface area contributed by atoms with Gasteiger partial charge in [0.2, 0.25) is 5.91 Å². The second-order valence-corrected chi connectivity index (χ2v) is 5.83. The molecule has 18 heavy (non-hydrogen) atoms. The lowest BCUT2D eigenvalue weighted by Crippen LogP contribution is -2.34. The predicted octanol–water partition coefficient (Wildman–Crippen LogP) is 2.10. The van der Waals surface area contributed by atoms with Crippen LogP contribution in [0.4, 0.5) is 5.69 Å². The molecule has 0 aliphatic heterocycles. The number of anilines is 1. The molecule has 1 aromatic rings. The minimum atomic E-state index is -0.111. The third-order valence-electron chi connectivity index (χ3n) is 3.30. The average molecular weight is 268 g/mol. The molecule has 2 rings (SSSR count). The van der Waals surface area contributed by atoms with Crippen LogP contribution in [0.1, 0.15) is 37.5 Å². The SMILES string of the molecule is CC(=O)Nc1ccsc1CNC1CCC(O)CC1. The molecule has 1 aromatic heterocycles. The van der Waals surface area contributed by atoms with Gasteiger partial charge in [0.25, 0.3) is 0 Å². The molecule has 0 bridgehead atoms. The molecule has 1 heterocycles. The minimum Gasteiger partial charge on any atom is -0.393 e. The Morgan fingerprint density at radius 1 is 1.44 bits per heavy atom. The number of hydrogen-bond acceptors (Lipinski definition) is 4. The molecule has 4 nitrogen and oxygen atoms in total. The van der Waals surface area contributed by atoms with Gasteiger partial charge in [-0.25, -0.2) is 0 Å². The number of rotatable bonds is 4. The van der Waals surface area contributed by atoms with Crippen LogP contribution in [0.25, 0.3) is 0 Å². The lowest BCUT2D eigenvalue weighted by Gasteiger charge is -2.26. The van der Waals surface area contributed by atoms with Gasteiger partial charge < -0.3 is 15.7 Å². The van der Waals surface area contributed by atoms with E-state index in [-0.39, 0.29) is 12.0 Å². The van der Waals surface area contributed by atoms with E-state index < -0.39 is 0 Å². The van der Waals surface area contributed by atoms with E-state index in [4.69, 9.17) is 0 Å². The predicted molar refractivity (Wildman–Crippen MR) is 73.7 cm³/mol. The van der Waals surface area contributed by atoms with Crippen molar-refractivity contribution >= 4 is 22.9 Å². The van der Waals surface area contributed by atoms with Crippen molar-refractivity contribution in [2.45, 2.75) is 51.3 Å². The van der Waals surface area contributed by atoms with Gasteiger partial charge in [-0.05, 0) is 37.1 Å². The van der Waals surface area contributed by atoms with Crippen LogP contribution in [0.5, 0.6) is 0 Å². The van der Waals surface area contributed by atoms with Gasteiger partial charge in [-0.3, -0.25) is 4.79 Å². The first kappa shape index (κ1) is 13.5. The molecular weight excluding hydrogens is 248 g/mol. The number of nitrogens with one attached hydrogen (secondary N) is 2. The fraction of sp³-hybridized carbons (Fsp3) is 0.615. The number of carbonyl (C=O) groups is 1. The van der Waals surface area contributed by atoms with E-state index >= 15 is 0 Å². The van der Waals surface area contributed by atoms with Crippen LogP contribution in [0.15, 0.2) is 11.4 Å². The van der Waals surface area contributed by atoms with Gasteiger partial charge in [-0.2, -0.15) is 0 Å². The van der Waals surface area contributed by atoms with E-state index in [1.54, 1.807) is 11.3 Å². The summed E-state index contributed by atoms with van der Waals surface area (Å²) in [6.07, 6.45) is 3.73. The summed E-state index contributed by atoms with van der Waals surface area (Å²) in [4.78, 5) is 12.2. The van der Waals surface area contributed by atoms with Crippen molar-refractivity contribution in [3.63, 3.8) is 0 Å². The molecule has 1 amide bonds. The molecule has 100 valence electrons. The molecule has 0 saturated heterocycles. The molecule has 0 radical (unpaired) electrons. The highest BCUT2D eigenvalue weighted by molar-refractivity contribution is 7.10. The quantitative estimate of drug-likeness (QED) is 0.783. The fourth-order valence-corrected chi connectivity index (χ4v) is 3.08. The maximum atomic E-state index is 11.1. The Balaban J connectivity index is 1.83. The van der Waals surface area contributed by atoms with E-state index in [9.17, 15) is 9.90 Å². The topological polar surface area (TPSA) is 61.4 Å². The Hall–Kier alpha value is -0.910. The molecule has 1 fully saturated rings. The Kier molecular flexibility index (Phi) is 4.74. The maximum absolute atomic E-state index is 11.1. The third-order valence-corrected chi connectivity index (χ3v) is 4.23. The van der Waals surface area contributed by atoms with Gasteiger partial charge in [0, 0.05) is 24.4 Å². The second-order valence-electron chi connectivity index (χ2n) is 4.82. The van der Waals surface area contributed by atoms with E-state index in [1.165, 1.54) is 6.92 Å². The summed E-state index contributed by atoms with van der Waals surface area (Å²) in [7, 11) is 0. The number of carbonyl (C=O) groups excluding carboxylic acids is 1. The summed E-state index contributed by atoms with van der Waals surface area (Å²) in [6.45, 7) is 2.31. The standard InChI is InChI=1S/C13H20N2O2S/c1-9(16)15-12-6-7-18-13(12)8-14-10-2-4-11(17)5-3-10/h6-7,10-11,14,17H,2-5,8H2,1H3,(H,15,16). The summed E-state index contributed by atoms with van der Waals surface area (Å²) < 4.78 is 0. The Bertz CT molecular complexity index is 397. The van der Waals surface area contributed by atoms with Crippen molar-refractivity contribution in [1.82, 2.24) is 5.32 Å². The Morgan fingerprint density at radius 2 is 2.17 bits per heavy atom. The molecular formula is C13H20N2O2S. The third kappa shape index (κ3) is 3.80. The first-order valence-corrected chi connectivity index (χ1v) is 7.28. The van der Waals surface area contributed by atoms with E-state index in [0.29, 0.717) is 6.04 Å². The summed E-state index contributed by atoms with van der Waals surface area (Å²) in [5.41, 5.74) is 0.913. The summed E-state index contributed by atoms with van der Waals surface area (Å²) in [5, 5.41) is 17.8. The van der Waals surface area contributed by atoms with Gasteiger partial charge in [0.05, 0.1) is 11.8 Å². The number of thiophene rings is 1. The van der Waals surface area contributed by atoms with Crippen LogP contribution in [0, 0.1) is 0 Å². The van der Waals surface area contributed by atoms with Gasteiger partial charge in [-0.15, -0.1) is 11.3 Å².